The van der Waals surface area contributed by atoms with Gasteiger partial charge in [0, 0.05) is 26.5 Å². The molecule has 0 aliphatic rings. The minimum Gasteiger partial charge on any atom is -0.337 e. The lowest BCUT2D eigenvalue weighted by Crippen LogP contribution is -2.19. The van der Waals surface area contributed by atoms with Gasteiger partial charge in [0.25, 0.3) is 0 Å². The van der Waals surface area contributed by atoms with Gasteiger partial charge in [-0.05, 0) is 29.7 Å². The molecule has 0 fully saturated rings. The van der Waals surface area contributed by atoms with E-state index in [0.29, 0.717) is 0 Å². The molecule has 5 aromatic rings. The minimum atomic E-state index is -0.0325. The van der Waals surface area contributed by atoms with Crippen LogP contribution >= 0.6 is 11.3 Å². The normalized spacial score (nSPS) is 11.9. The summed E-state index contributed by atoms with van der Waals surface area (Å²) in [6, 6.07) is 8.06. The Balaban J connectivity index is 1.77. The fraction of sp³-hybridized carbons (Fsp3) is 0.118. The van der Waals surface area contributed by atoms with Gasteiger partial charge in [0.1, 0.15) is 5.82 Å². The molecule has 0 aliphatic heterocycles. The zero-order chi connectivity index (χ0) is 16.4. The van der Waals surface area contributed by atoms with Crippen molar-refractivity contribution in [3.05, 3.63) is 47.1 Å². The third-order valence-corrected chi connectivity index (χ3v) is 5.52. The van der Waals surface area contributed by atoms with Gasteiger partial charge >= 0.3 is 5.69 Å². The fourth-order valence-electron chi connectivity index (χ4n) is 3.12. The van der Waals surface area contributed by atoms with Gasteiger partial charge in [-0.15, -0.1) is 11.3 Å². The summed E-state index contributed by atoms with van der Waals surface area (Å²) in [6.07, 6.45) is 3.67. The second-order valence-corrected chi connectivity index (χ2v) is 6.95. The Hall–Kier alpha value is -2.93. The number of fused-ring (bicyclic) bond motifs is 3. The quantitative estimate of drug-likeness (QED) is 0.512. The molecule has 0 unspecified atom stereocenters. The Kier molecular flexibility index (Phi) is 2.56. The second kappa shape index (κ2) is 4.55. The molecule has 0 aliphatic carbocycles. The summed E-state index contributed by atoms with van der Waals surface area (Å²) in [6.45, 7) is 0. The molecule has 0 saturated carbocycles. The van der Waals surface area contributed by atoms with E-state index in [0.717, 1.165) is 42.9 Å². The van der Waals surface area contributed by atoms with Crippen LogP contribution in [0.4, 0.5) is 0 Å². The van der Waals surface area contributed by atoms with Crippen LogP contribution in [-0.4, -0.2) is 24.1 Å². The molecular formula is C17H13N5OS. The molecule has 0 amide bonds. The molecule has 4 aromatic heterocycles. The SMILES string of the molecule is Cn1c(=O)n(C)c2cc3[nH]c(-c4cc5ccncc5s4)nc3cc21. The predicted molar refractivity (Wildman–Crippen MR) is 96.4 cm³/mol. The lowest BCUT2D eigenvalue weighted by molar-refractivity contribution is 0.795. The smallest absolute Gasteiger partial charge is 0.328 e. The third-order valence-electron chi connectivity index (χ3n) is 4.43. The summed E-state index contributed by atoms with van der Waals surface area (Å²) < 4.78 is 4.44. The van der Waals surface area contributed by atoms with Crippen molar-refractivity contribution in [3.63, 3.8) is 0 Å². The Bertz CT molecular complexity index is 1210. The van der Waals surface area contributed by atoms with Gasteiger partial charge < -0.3 is 4.98 Å². The van der Waals surface area contributed by atoms with E-state index in [-0.39, 0.29) is 5.69 Å². The van der Waals surface area contributed by atoms with E-state index < -0.39 is 0 Å². The first-order valence-electron chi connectivity index (χ1n) is 7.51. The average molecular weight is 335 g/mol. The highest BCUT2D eigenvalue weighted by molar-refractivity contribution is 7.22. The number of rotatable bonds is 1. The molecule has 0 saturated heterocycles. The summed E-state index contributed by atoms with van der Waals surface area (Å²) in [7, 11) is 3.57. The van der Waals surface area contributed by atoms with E-state index in [4.69, 9.17) is 4.98 Å². The molecular weight excluding hydrogens is 322 g/mol. The predicted octanol–water partition coefficient (Wildman–Crippen LogP) is 3.03. The van der Waals surface area contributed by atoms with Crippen molar-refractivity contribution in [2.45, 2.75) is 0 Å². The summed E-state index contributed by atoms with van der Waals surface area (Å²) >= 11 is 1.66. The Morgan fingerprint density at radius 3 is 2.71 bits per heavy atom. The van der Waals surface area contributed by atoms with E-state index >= 15 is 0 Å². The van der Waals surface area contributed by atoms with Crippen LogP contribution in [0.2, 0.25) is 0 Å². The van der Waals surface area contributed by atoms with Crippen LogP contribution in [0.3, 0.4) is 0 Å². The van der Waals surface area contributed by atoms with Crippen LogP contribution in [0.5, 0.6) is 0 Å². The number of pyridine rings is 1. The number of aromatic amines is 1. The van der Waals surface area contributed by atoms with Gasteiger partial charge in [0.2, 0.25) is 0 Å². The van der Waals surface area contributed by atoms with E-state index in [1.165, 1.54) is 0 Å². The molecule has 1 aromatic carbocycles. The van der Waals surface area contributed by atoms with Crippen molar-refractivity contribution in [2.75, 3.05) is 0 Å². The van der Waals surface area contributed by atoms with Crippen molar-refractivity contribution in [1.82, 2.24) is 24.1 Å². The van der Waals surface area contributed by atoms with Crippen LogP contribution in [-0.2, 0) is 14.1 Å². The molecule has 6 nitrogen and oxygen atoms in total. The maximum absolute atomic E-state index is 12.1. The van der Waals surface area contributed by atoms with Gasteiger partial charge in [-0.2, -0.15) is 0 Å². The molecule has 1 N–H and O–H groups in total. The van der Waals surface area contributed by atoms with Crippen LogP contribution in [0.15, 0.2) is 41.5 Å². The summed E-state index contributed by atoms with van der Waals surface area (Å²) in [5.41, 5.74) is 3.53. The van der Waals surface area contributed by atoms with Gasteiger partial charge in [0.05, 0.1) is 31.6 Å². The van der Waals surface area contributed by atoms with Gasteiger partial charge in [-0.3, -0.25) is 14.1 Å². The fourth-order valence-corrected chi connectivity index (χ4v) is 4.10. The first-order valence-corrected chi connectivity index (χ1v) is 8.32. The number of imidazole rings is 2. The second-order valence-electron chi connectivity index (χ2n) is 5.87. The van der Waals surface area contributed by atoms with Crippen molar-refractivity contribution in [3.8, 4) is 10.7 Å². The van der Waals surface area contributed by atoms with Gasteiger partial charge in [-0.1, -0.05) is 0 Å². The van der Waals surface area contributed by atoms with E-state index in [1.54, 1.807) is 40.8 Å². The summed E-state index contributed by atoms with van der Waals surface area (Å²) in [5.74, 6) is 0.839. The molecule has 7 heteroatoms. The number of aryl methyl sites for hydroxylation is 2. The van der Waals surface area contributed by atoms with Crippen molar-refractivity contribution < 1.29 is 0 Å². The zero-order valence-corrected chi connectivity index (χ0v) is 13.9. The van der Waals surface area contributed by atoms with E-state index in [9.17, 15) is 4.79 Å². The molecule has 4 heterocycles. The van der Waals surface area contributed by atoms with Gasteiger partial charge in [-0.25, -0.2) is 9.78 Å². The standard InChI is InChI=1S/C17H13N5OS/c1-21-12-6-10-11(7-13(12)22(2)17(21)23)20-16(19-10)14-5-9-3-4-18-8-15(9)24-14/h3-8H,1-2H3,(H,19,20). The maximum atomic E-state index is 12.1. The lowest BCUT2D eigenvalue weighted by Gasteiger charge is -1.94. The molecule has 118 valence electrons. The monoisotopic (exact) mass is 335 g/mol. The van der Waals surface area contributed by atoms with E-state index in [1.807, 2.05) is 24.4 Å². The van der Waals surface area contributed by atoms with Crippen LogP contribution < -0.4 is 5.69 Å². The molecule has 0 spiro atoms. The molecule has 0 atom stereocenters. The van der Waals surface area contributed by atoms with Crippen LogP contribution in [0.1, 0.15) is 0 Å². The highest BCUT2D eigenvalue weighted by Gasteiger charge is 2.13. The maximum Gasteiger partial charge on any atom is 0.328 e. The zero-order valence-electron chi connectivity index (χ0n) is 13.1. The summed E-state index contributed by atoms with van der Waals surface area (Å²) in [4.78, 5) is 25.4. The number of benzene rings is 1. The number of H-pyrrole nitrogens is 1. The Morgan fingerprint density at radius 1 is 1.12 bits per heavy atom. The topological polar surface area (TPSA) is 68.5 Å². The molecule has 24 heavy (non-hydrogen) atoms. The molecule has 0 bridgehead atoms. The molecule has 0 radical (unpaired) electrons. The third kappa shape index (κ3) is 1.73. The largest absolute Gasteiger partial charge is 0.337 e. The average Bonchev–Trinajstić information content (AvgIpc) is 3.25. The first-order chi connectivity index (χ1) is 11.6. The number of aromatic nitrogens is 5. The highest BCUT2D eigenvalue weighted by atomic mass is 32.1. The number of nitrogens with zero attached hydrogens (tertiary/aromatic N) is 4. The number of nitrogens with one attached hydrogen (secondary N) is 1. The van der Waals surface area contributed by atoms with Crippen LogP contribution in [0, 0.1) is 0 Å². The van der Waals surface area contributed by atoms with Gasteiger partial charge in [0.15, 0.2) is 0 Å². The first kappa shape index (κ1) is 13.5. The van der Waals surface area contributed by atoms with E-state index in [2.05, 4.69) is 16.0 Å². The van der Waals surface area contributed by atoms with Crippen molar-refractivity contribution in [1.29, 1.82) is 0 Å². The van der Waals surface area contributed by atoms with Crippen LogP contribution in [0.25, 0.3) is 42.9 Å². The van der Waals surface area contributed by atoms with Crippen molar-refractivity contribution in [2.24, 2.45) is 14.1 Å². The number of hydrogen-bond acceptors (Lipinski definition) is 4. The Morgan fingerprint density at radius 2 is 1.92 bits per heavy atom. The number of hydrogen-bond donors (Lipinski definition) is 1. The minimum absolute atomic E-state index is 0.0325. The number of thiophene rings is 1. The van der Waals surface area contributed by atoms with Crippen molar-refractivity contribution >= 4 is 43.5 Å². The molecule has 5 rings (SSSR count). The lowest BCUT2D eigenvalue weighted by atomic mass is 10.2. The Labute approximate surface area is 140 Å². The highest BCUT2D eigenvalue weighted by Crippen LogP contribution is 2.33. The summed E-state index contributed by atoms with van der Waals surface area (Å²) in [5, 5.41) is 1.16.